The standard InChI is InChI=1S/C16H14ClN5O/c17-13-4-2-1-3-11(13)9-23-12-7-5-10(6-8-12)14-20-15(18)22-16(19)21-14/h1-8H,9H2,(H4,18,19,20,21,22). The third-order valence-corrected chi connectivity index (χ3v) is 3.50. The summed E-state index contributed by atoms with van der Waals surface area (Å²) < 4.78 is 5.72. The van der Waals surface area contributed by atoms with Crippen LogP contribution in [0.1, 0.15) is 5.56 Å². The predicted octanol–water partition coefficient (Wildman–Crippen LogP) is 2.94. The summed E-state index contributed by atoms with van der Waals surface area (Å²) in [4.78, 5) is 11.9. The lowest BCUT2D eigenvalue weighted by atomic mass is 10.2. The Hall–Kier alpha value is -2.86. The number of nitrogens with zero attached hydrogens (tertiary/aromatic N) is 3. The number of ether oxygens (including phenoxy) is 1. The molecule has 6 nitrogen and oxygen atoms in total. The average Bonchev–Trinajstić information content (AvgIpc) is 2.54. The summed E-state index contributed by atoms with van der Waals surface area (Å²) in [5.74, 6) is 1.31. The minimum atomic E-state index is 0.0894. The van der Waals surface area contributed by atoms with Crippen LogP contribution in [0.4, 0.5) is 11.9 Å². The Morgan fingerprint density at radius 2 is 1.52 bits per heavy atom. The maximum atomic E-state index is 6.10. The number of hydrogen-bond donors (Lipinski definition) is 2. The molecule has 0 saturated carbocycles. The lowest BCUT2D eigenvalue weighted by molar-refractivity contribution is 0.306. The fraction of sp³-hybridized carbons (Fsp3) is 0.0625. The van der Waals surface area contributed by atoms with Crippen molar-refractivity contribution in [2.75, 3.05) is 11.5 Å². The van der Waals surface area contributed by atoms with Crippen molar-refractivity contribution < 1.29 is 4.74 Å². The quantitative estimate of drug-likeness (QED) is 0.764. The molecule has 2 aromatic carbocycles. The summed E-state index contributed by atoms with van der Waals surface area (Å²) in [6.07, 6.45) is 0. The second-order valence-electron chi connectivity index (χ2n) is 4.78. The Balaban J connectivity index is 1.73. The molecule has 3 rings (SSSR count). The van der Waals surface area contributed by atoms with Gasteiger partial charge in [-0.1, -0.05) is 29.8 Å². The summed E-state index contributed by atoms with van der Waals surface area (Å²) in [6, 6.07) is 14.9. The summed E-state index contributed by atoms with van der Waals surface area (Å²) in [6.45, 7) is 0.394. The van der Waals surface area contributed by atoms with Crippen LogP contribution in [-0.2, 0) is 6.61 Å². The molecule has 3 aromatic rings. The fourth-order valence-electron chi connectivity index (χ4n) is 2.02. The fourth-order valence-corrected chi connectivity index (χ4v) is 2.21. The van der Waals surface area contributed by atoms with Gasteiger partial charge in [0, 0.05) is 16.1 Å². The molecule has 0 atom stereocenters. The predicted molar refractivity (Wildman–Crippen MR) is 89.9 cm³/mol. The van der Waals surface area contributed by atoms with Crippen molar-refractivity contribution in [1.29, 1.82) is 0 Å². The summed E-state index contributed by atoms with van der Waals surface area (Å²) in [5, 5.41) is 0.681. The molecule has 4 N–H and O–H groups in total. The van der Waals surface area contributed by atoms with E-state index in [2.05, 4.69) is 15.0 Å². The van der Waals surface area contributed by atoms with Crippen LogP contribution in [-0.4, -0.2) is 15.0 Å². The Kier molecular flexibility index (Phi) is 4.25. The zero-order chi connectivity index (χ0) is 16.2. The van der Waals surface area contributed by atoms with Crippen molar-refractivity contribution in [2.24, 2.45) is 0 Å². The van der Waals surface area contributed by atoms with E-state index in [9.17, 15) is 0 Å². The molecule has 0 aliphatic rings. The van der Waals surface area contributed by atoms with Crippen LogP contribution in [0, 0.1) is 0 Å². The van der Waals surface area contributed by atoms with Crippen LogP contribution >= 0.6 is 11.6 Å². The summed E-state index contributed by atoms with van der Waals surface area (Å²) >= 11 is 6.10. The van der Waals surface area contributed by atoms with E-state index in [0.29, 0.717) is 23.2 Å². The first kappa shape index (κ1) is 15.1. The lowest BCUT2D eigenvalue weighted by Gasteiger charge is -2.08. The lowest BCUT2D eigenvalue weighted by Crippen LogP contribution is -2.04. The van der Waals surface area contributed by atoms with Gasteiger partial charge in [0.25, 0.3) is 0 Å². The van der Waals surface area contributed by atoms with Crippen molar-refractivity contribution in [3.63, 3.8) is 0 Å². The van der Waals surface area contributed by atoms with Gasteiger partial charge in [0.15, 0.2) is 5.82 Å². The topological polar surface area (TPSA) is 99.9 Å². The van der Waals surface area contributed by atoms with Gasteiger partial charge in [-0.25, -0.2) is 0 Å². The maximum Gasteiger partial charge on any atom is 0.225 e. The zero-order valence-electron chi connectivity index (χ0n) is 12.1. The van der Waals surface area contributed by atoms with E-state index in [-0.39, 0.29) is 11.9 Å². The van der Waals surface area contributed by atoms with Crippen LogP contribution in [0.15, 0.2) is 48.5 Å². The van der Waals surface area contributed by atoms with Crippen LogP contribution in [0.3, 0.4) is 0 Å². The van der Waals surface area contributed by atoms with Crippen LogP contribution in [0.25, 0.3) is 11.4 Å². The number of halogens is 1. The largest absolute Gasteiger partial charge is 0.489 e. The SMILES string of the molecule is Nc1nc(N)nc(-c2ccc(OCc3ccccc3Cl)cc2)n1. The number of benzene rings is 2. The molecule has 0 spiro atoms. The number of anilines is 2. The van der Waals surface area contributed by atoms with E-state index in [4.69, 9.17) is 27.8 Å². The Morgan fingerprint density at radius 3 is 2.17 bits per heavy atom. The Bertz CT molecular complexity index is 803. The molecule has 0 aliphatic carbocycles. The van der Waals surface area contributed by atoms with E-state index in [1.807, 2.05) is 48.5 Å². The van der Waals surface area contributed by atoms with E-state index in [1.54, 1.807) is 0 Å². The normalized spacial score (nSPS) is 10.5. The number of nitrogens with two attached hydrogens (primary N) is 2. The molecule has 116 valence electrons. The minimum absolute atomic E-state index is 0.0894. The molecule has 1 aromatic heterocycles. The Morgan fingerprint density at radius 1 is 0.870 bits per heavy atom. The highest BCUT2D eigenvalue weighted by Gasteiger charge is 2.06. The van der Waals surface area contributed by atoms with Gasteiger partial charge < -0.3 is 16.2 Å². The molecule has 0 amide bonds. The van der Waals surface area contributed by atoms with Gasteiger partial charge in [-0.2, -0.15) is 15.0 Å². The second-order valence-corrected chi connectivity index (χ2v) is 5.19. The number of rotatable bonds is 4. The van der Waals surface area contributed by atoms with Crippen LogP contribution in [0.5, 0.6) is 5.75 Å². The van der Waals surface area contributed by atoms with Crippen molar-refractivity contribution in [3.8, 4) is 17.1 Å². The summed E-state index contributed by atoms with van der Waals surface area (Å²) in [7, 11) is 0. The first-order valence-electron chi connectivity index (χ1n) is 6.85. The number of nitrogen functional groups attached to an aromatic ring is 2. The third kappa shape index (κ3) is 3.67. The Labute approximate surface area is 138 Å². The zero-order valence-corrected chi connectivity index (χ0v) is 12.9. The maximum absolute atomic E-state index is 6.10. The highest BCUT2D eigenvalue weighted by molar-refractivity contribution is 6.31. The van der Waals surface area contributed by atoms with Crippen molar-refractivity contribution in [1.82, 2.24) is 15.0 Å². The van der Waals surface area contributed by atoms with E-state index < -0.39 is 0 Å². The smallest absolute Gasteiger partial charge is 0.225 e. The number of aromatic nitrogens is 3. The van der Waals surface area contributed by atoms with Crippen molar-refractivity contribution in [3.05, 3.63) is 59.1 Å². The van der Waals surface area contributed by atoms with Crippen LogP contribution < -0.4 is 16.2 Å². The van der Waals surface area contributed by atoms with Crippen LogP contribution in [0.2, 0.25) is 5.02 Å². The molecular formula is C16H14ClN5O. The molecule has 1 heterocycles. The highest BCUT2D eigenvalue weighted by atomic mass is 35.5. The number of hydrogen-bond acceptors (Lipinski definition) is 6. The molecule has 0 saturated heterocycles. The molecule has 0 unspecified atom stereocenters. The second kappa shape index (κ2) is 6.50. The summed E-state index contributed by atoms with van der Waals surface area (Å²) in [5.41, 5.74) is 12.8. The molecule has 0 aliphatic heterocycles. The van der Waals surface area contributed by atoms with Gasteiger partial charge >= 0.3 is 0 Å². The highest BCUT2D eigenvalue weighted by Crippen LogP contribution is 2.22. The molecule has 23 heavy (non-hydrogen) atoms. The van der Waals surface area contributed by atoms with Gasteiger partial charge in [0.2, 0.25) is 11.9 Å². The first-order valence-corrected chi connectivity index (χ1v) is 7.23. The van der Waals surface area contributed by atoms with Gasteiger partial charge in [-0.05, 0) is 30.3 Å². The molecule has 0 fully saturated rings. The molecular weight excluding hydrogens is 314 g/mol. The van der Waals surface area contributed by atoms with Gasteiger partial charge in [-0.15, -0.1) is 0 Å². The molecule has 7 heteroatoms. The molecule has 0 bridgehead atoms. The van der Waals surface area contributed by atoms with Crippen molar-refractivity contribution >= 4 is 23.5 Å². The van der Waals surface area contributed by atoms with E-state index in [1.165, 1.54) is 0 Å². The van der Waals surface area contributed by atoms with E-state index >= 15 is 0 Å². The first-order chi connectivity index (χ1) is 11.1. The van der Waals surface area contributed by atoms with Gasteiger partial charge in [-0.3, -0.25) is 0 Å². The minimum Gasteiger partial charge on any atom is -0.489 e. The average molecular weight is 328 g/mol. The van der Waals surface area contributed by atoms with E-state index in [0.717, 1.165) is 11.1 Å². The monoisotopic (exact) mass is 327 g/mol. The molecule has 0 radical (unpaired) electrons. The van der Waals surface area contributed by atoms with Gasteiger partial charge in [0.05, 0.1) is 0 Å². The van der Waals surface area contributed by atoms with Gasteiger partial charge in [0.1, 0.15) is 12.4 Å². The van der Waals surface area contributed by atoms with Crippen molar-refractivity contribution in [2.45, 2.75) is 6.61 Å². The third-order valence-electron chi connectivity index (χ3n) is 3.13.